The van der Waals surface area contributed by atoms with E-state index in [0.717, 1.165) is 5.56 Å². The first-order valence-electron chi connectivity index (χ1n) is 9.06. The van der Waals surface area contributed by atoms with Gasteiger partial charge in [0.2, 0.25) is 0 Å². The summed E-state index contributed by atoms with van der Waals surface area (Å²) in [6.07, 6.45) is 0.346. The summed E-state index contributed by atoms with van der Waals surface area (Å²) in [4.78, 5) is 25.6. The lowest BCUT2D eigenvalue weighted by molar-refractivity contribution is -0.147. The van der Waals surface area contributed by atoms with Gasteiger partial charge < -0.3 is 14.4 Å². The fourth-order valence-electron chi connectivity index (χ4n) is 3.00. The van der Waals surface area contributed by atoms with E-state index >= 15 is 0 Å². The number of carbonyl (C=O) groups excluding carboxylic acids is 2. The molecule has 0 saturated carbocycles. The zero-order valence-corrected chi connectivity index (χ0v) is 16.2. The van der Waals surface area contributed by atoms with Crippen LogP contribution in [-0.4, -0.2) is 35.7 Å². The molecule has 1 aromatic rings. The summed E-state index contributed by atoms with van der Waals surface area (Å²) in [6, 6.07) is 3.53. The molecule has 0 aliphatic carbocycles. The molecule has 1 amide bonds. The molecule has 0 bridgehead atoms. The van der Waals surface area contributed by atoms with Crippen LogP contribution in [0.2, 0.25) is 0 Å². The summed E-state index contributed by atoms with van der Waals surface area (Å²) >= 11 is 0. The van der Waals surface area contributed by atoms with Crippen LogP contribution in [0, 0.1) is 11.7 Å². The van der Waals surface area contributed by atoms with E-state index in [1.807, 2.05) is 26.8 Å². The van der Waals surface area contributed by atoms with Crippen molar-refractivity contribution in [3.8, 4) is 0 Å². The average Bonchev–Trinajstić information content (AvgIpc) is 2.55. The molecular weight excluding hydrogens is 337 g/mol. The summed E-state index contributed by atoms with van der Waals surface area (Å²) in [5.74, 6) is -0.993. The average molecular weight is 365 g/mol. The molecule has 1 aliphatic heterocycles. The number of esters is 1. The highest BCUT2D eigenvalue weighted by Gasteiger charge is 2.28. The lowest BCUT2D eigenvalue weighted by Crippen LogP contribution is -2.40. The van der Waals surface area contributed by atoms with Crippen molar-refractivity contribution in [2.24, 2.45) is 5.92 Å². The van der Waals surface area contributed by atoms with Crippen LogP contribution < -0.4 is 0 Å². The van der Waals surface area contributed by atoms with E-state index in [4.69, 9.17) is 9.47 Å². The maximum Gasteiger partial charge on any atom is 0.410 e. The van der Waals surface area contributed by atoms with E-state index < -0.39 is 11.5 Å². The molecule has 0 radical (unpaired) electrons. The maximum absolute atomic E-state index is 14.9. The third-order valence-electron chi connectivity index (χ3n) is 4.28. The topological polar surface area (TPSA) is 55.8 Å². The van der Waals surface area contributed by atoms with Crippen LogP contribution in [0.15, 0.2) is 12.1 Å². The zero-order valence-electron chi connectivity index (χ0n) is 16.2. The van der Waals surface area contributed by atoms with Gasteiger partial charge in [0, 0.05) is 13.1 Å². The van der Waals surface area contributed by atoms with Crippen LogP contribution >= 0.6 is 0 Å². The monoisotopic (exact) mass is 365 g/mol. The lowest BCUT2D eigenvalue weighted by atomic mass is 9.92. The Morgan fingerprint density at radius 2 is 2.00 bits per heavy atom. The van der Waals surface area contributed by atoms with Crippen LogP contribution in [0.25, 0.3) is 0 Å². The Balaban J connectivity index is 2.11. The number of nitrogens with zero attached hydrogens (tertiary/aromatic N) is 1. The second kappa shape index (κ2) is 8.06. The van der Waals surface area contributed by atoms with Crippen LogP contribution in [0.3, 0.4) is 0 Å². The molecule has 0 fully saturated rings. The van der Waals surface area contributed by atoms with E-state index in [1.54, 1.807) is 24.8 Å². The predicted octanol–water partition coefficient (Wildman–Crippen LogP) is 3.86. The van der Waals surface area contributed by atoms with Crippen molar-refractivity contribution in [2.45, 2.75) is 59.6 Å². The lowest BCUT2D eigenvalue weighted by Gasteiger charge is -2.31. The van der Waals surface area contributed by atoms with Gasteiger partial charge in [-0.1, -0.05) is 19.1 Å². The third kappa shape index (κ3) is 4.96. The standard InChI is InChI=1S/C20H28FNO4/c1-6-25-18(23)13(2)11-14-7-8-15-12-22(10-9-16(15)17(14)21)19(24)26-20(3,4)5/h7-8,13H,6,9-12H2,1-5H3. The Bertz CT molecular complexity index is 681. The van der Waals surface area contributed by atoms with E-state index in [1.165, 1.54) is 0 Å². The molecule has 6 heteroatoms. The first-order valence-corrected chi connectivity index (χ1v) is 9.06. The minimum absolute atomic E-state index is 0.275. The van der Waals surface area contributed by atoms with Gasteiger partial charge in [-0.05, 0) is 57.2 Å². The number of ether oxygens (including phenoxy) is 2. The van der Waals surface area contributed by atoms with E-state index in [0.29, 0.717) is 43.7 Å². The molecule has 144 valence electrons. The number of hydrogen-bond donors (Lipinski definition) is 0. The first-order chi connectivity index (χ1) is 12.1. The molecule has 0 aromatic heterocycles. The highest BCUT2D eigenvalue weighted by atomic mass is 19.1. The fourth-order valence-corrected chi connectivity index (χ4v) is 3.00. The summed E-state index contributed by atoms with van der Waals surface area (Å²) in [5, 5.41) is 0. The molecule has 0 spiro atoms. The third-order valence-corrected chi connectivity index (χ3v) is 4.28. The highest BCUT2D eigenvalue weighted by Crippen LogP contribution is 2.27. The normalized spacial score (nSPS) is 15.2. The van der Waals surface area contributed by atoms with Gasteiger partial charge in [-0.2, -0.15) is 0 Å². The number of benzene rings is 1. The van der Waals surface area contributed by atoms with Gasteiger partial charge in [0.25, 0.3) is 0 Å². The Morgan fingerprint density at radius 1 is 1.31 bits per heavy atom. The molecular formula is C20H28FNO4. The van der Waals surface area contributed by atoms with E-state index in [-0.39, 0.29) is 17.9 Å². The van der Waals surface area contributed by atoms with Crippen molar-refractivity contribution in [1.29, 1.82) is 0 Å². The SMILES string of the molecule is CCOC(=O)C(C)Cc1ccc2c(c1F)CCN(C(=O)OC(C)(C)C)C2. The molecule has 0 N–H and O–H groups in total. The van der Waals surface area contributed by atoms with Gasteiger partial charge in [-0.3, -0.25) is 4.79 Å². The van der Waals surface area contributed by atoms with Crippen molar-refractivity contribution in [3.05, 3.63) is 34.6 Å². The molecule has 26 heavy (non-hydrogen) atoms. The molecule has 1 aliphatic rings. The largest absolute Gasteiger partial charge is 0.466 e. The Morgan fingerprint density at radius 3 is 2.62 bits per heavy atom. The number of carbonyl (C=O) groups is 2. The van der Waals surface area contributed by atoms with Crippen molar-refractivity contribution < 1.29 is 23.5 Å². The predicted molar refractivity (Wildman–Crippen MR) is 96.2 cm³/mol. The molecule has 5 nitrogen and oxygen atoms in total. The van der Waals surface area contributed by atoms with Gasteiger partial charge in [0.15, 0.2) is 0 Å². The quantitative estimate of drug-likeness (QED) is 0.760. The second-order valence-corrected chi connectivity index (χ2v) is 7.69. The highest BCUT2D eigenvalue weighted by molar-refractivity contribution is 5.72. The fraction of sp³-hybridized carbons (Fsp3) is 0.600. The molecule has 1 unspecified atom stereocenters. The van der Waals surface area contributed by atoms with Gasteiger partial charge in [-0.25, -0.2) is 9.18 Å². The van der Waals surface area contributed by atoms with Crippen molar-refractivity contribution in [3.63, 3.8) is 0 Å². The van der Waals surface area contributed by atoms with Crippen LogP contribution in [0.5, 0.6) is 0 Å². The zero-order chi connectivity index (χ0) is 19.5. The van der Waals surface area contributed by atoms with Gasteiger partial charge in [0.05, 0.1) is 12.5 Å². The Kier molecular flexibility index (Phi) is 6.26. The van der Waals surface area contributed by atoms with E-state index in [9.17, 15) is 14.0 Å². The molecule has 2 rings (SSSR count). The van der Waals surface area contributed by atoms with Crippen molar-refractivity contribution in [2.75, 3.05) is 13.2 Å². The van der Waals surface area contributed by atoms with E-state index in [2.05, 4.69) is 0 Å². The van der Waals surface area contributed by atoms with Crippen molar-refractivity contribution >= 4 is 12.1 Å². The minimum atomic E-state index is -0.560. The maximum atomic E-state index is 14.9. The summed E-state index contributed by atoms with van der Waals surface area (Å²) < 4.78 is 25.3. The van der Waals surface area contributed by atoms with Crippen LogP contribution in [0.1, 0.15) is 51.3 Å². The number of rotatable bonds is 4. The van der Waals surface area contributed by atoms with Crippen LogP contribution in [0.4, 0.5) is 9.18 Å². The number of halogens is 1. The smallest absolute Gasteiger partial charge is 0.410 e. The van der Waals surface area contributed by atoms with Gasteiger partial charge >= 0.3 is 12.1 Å². The molecule has 1 heterocycles. The Labute approximate surface area is 154 Å². The van der Waals surface area contributed by atoms with Gasteiger partial charge in [-0.15, -0.1) is 0 Å². The minimum Gasteiger partial charge on any atom is -0.466 e. The number of amides is 1. The summed E-state index contributed by atoms with van der Waals surface area (Å²) in [6.45, 7) is 10.0. The molecule has 1 aromatic carbocycles. The summed E-state index contributed by atoms with van der Waals surface area (Å²) in [7, 11) is 0. The first kappa shape index (κ1) is 20.2. The summed E-state index contributed by atoms with van der Waals surface area (Å²) in [5.41, 5.74) is 1.36. The van der Waals surface area contributed by atoms with Crippen LogP contribution in [-0.2, 0) is 33.7 Å². The second-order valence-electron chi connectivity index (χ2n) is 7.69. The Hall–Kier alpha value is -2.11. The molecule has 0 saturated heterocycles. The molecule has 1 atom stereocenters. The van der Waals surface area contributed by atoms with Gasteiger partial charge in [0.1, 0.15) is 11.4 Å². The number of hydrogen-bond acceptors (Lipinski definition) is 4. The number of fused-ring (bicyclic) bond motifs is 1. The van der Waals surface area contributed by atoms with Crippen molar-refractivity contribution in [1.82, 2.24) is 4.90 Å².